The van der Waals surface area contributed by atoms with Gasteiger partial charge in [-0.05, 0) is 45.3 Å². The molecule has 1 rings (SSSR count). The molecule has 94 valence electrons. The lowest BCUT2D eigenvalue weighted by molar-refractivity contribution is 0.222. The Balaban J connectivity index is 1.92. The molecule has 4 heteroatoms. The lowest BCUT2D eigenvalue weighted by Crippen LogP contribution is -2.38. The second-order valence-corrected chi connectivity index (χ2v) is 4.44. The molecule has 1 aliphatic heterocycles. The van der Waals surface area contributed by atoms with Crippen molar-refractivity contribution in [1.29, 1.82) is 0 Å². The zero-order chi connectivity index (χ0) is 11.6. The van der Waals surface area contributed by atoms with E-state index in [0.29, 0.717) is 0 Å². The van der Waals surface area contributed by atoms with Crippen molar-refractivity contribution in [3.05, 3.63) is 0 Å². The highest BCUT2D eigenvalue weighted by Gasteiger charge is 2.08. The summed E-state index contributed by atoms with van der Waals surface area (Å²) in [6.07, 6.45) is 6.10. The van der Waals surface area contributed by atoms with Crippen LogP contribution in [0, 0.1) is 0 Å². The van der Waals surface area contributed by atoms with E-state index >= 15 is 0 Å². The third-order valence-corrected chi connectivity index (χ3v) is 2.92. The van der Waals surface area contributed by atoms with E-state index in [1.165, 1.54) is 32.4 Å². The monoisotopic (exact) mass is 227 g/mol. The van der Waals surface area contributed by atoms with Crippen molar-refractivity contribution in [1.82, 2.24) is 15.5 Å². The minimum Gasteiger partial charge on any atom is -0.338 e. The van der Waals surface area contributed by atoms with E-state index in [4.69, 9.17) is 0 Å². The van der Waals surface area contributed by atoms with Crippen molar-refractivity contribution in [3.63, 3.8) is 0 Å². The molecule has 0 aromatic rings. The van der Waals surface area contributed by atoms with Crippen molar-refractivity contribution in [2.24, 2.45) is 0 Å². The second kappa shape index (κ2) is 8.39. The van der Waals surface area contributed by atoms with E-state index in [1.54, 1.807) is 0 Å². The van der Waals surface area contributed by atoms with E-state index in [0.717, 1.165) is 32.5 Å². The van der Waals surface area contributed by atoms with E-state index < -0.39 is 0 Å². The molecule has 16 heavy (non-hydrogen) atoms. The van der Waals surface area contributed by atoms with Crippen LogP contribution >= 0.6 is 0 Å². The summed E-state index contributed by atoms with van der Waals surface area (Å²) in [7, 11) is 0. The minimum absolute atomic E-state index is 0.0273. The number of nitrogens with zero attached hydrogens (tertiary/aromatic N) is 1. The molecule has 0 aliphatic carbocycles. The molecule has 0 radical (unpaired) electrons. The summed E-state index contributed by atoms with van der Waals surface area (Å²) < 4.78 is 0. The summed E-state index contributed by atoms with van der Waals surface area (Å²) in [4.78, 5) is 13.7. The van der Waals surface area contributed by atoms with Crippen LogP contribution in [0.25, 0.3) is 0 Å². The molecule has 2 amide bonds. The summed E-state index contributed by atoms with van der Waals surface area (Å²) in [6, 6.07) is -0.0273. The first-order valence-corrected chi connectivity index (χ1v) is 6.57. The average molecular weight is 227 g/mol. The Labute approximate surface area is 98.8 Å². The maximum Gasteiger partial charge on any atom is 0.314 e. The van der Waals surface area contributed by atoms with Gasteiger partial charge in [0.1, 0.15) is 0 Å². The number of nitrogens with one attached hydrogen (secondary N) is 2. The Morgan fingerprint density at radius 2 is 1.81 bits per heavy atom. The number of carbonyl (C=O) groups excluding carboxylic acids is 1. The molecular formula is C12H25N3O. The highest BCUT2D eigenvalue weighted by Crippen LogP contribution is 2.08. The van der Waals surface area contributed by atoms with Gasteiger partial charge in [0.2, 0.25) is 0 Å². The number of amides is 2. The highest BCUT2D eigenvalue weighted by molar-refractivity contribution is 5.73. The third-order valence-electron chi connectivity index (χ3n) is 2.92. The SMILES string of the molecule is CCCNC(=O)NCCCN1CCCCC1. The molecule has 0 unspecified atom stereocenters. The summed E-state index contributed by atoms with van der Waals surface area (Å²) in [6.45, 7) is 7.19. The Hall–Kier alpha value is -0.770. The number of urea groups is 1. The predicted octanol–water partition coefficient (Wildman–Crippen LogP) is 1.57. The van der Waals surface area contributed by atoms with E-state index in [1.807, 2.05) is 0 Å². The maximum atomic E-state index is 11.2. The summed E-state index contributed by atoms with van der Waals surface area (Å²) in [5.74, 6) is 0. The zero-order valence-corrected chi connectivity index (χ0v) is 10.4. The zero-order valence-electron chi connectivity index (χ0n) is 10.4. The number of piperidine rings is 1. The number of carbonyl (C=O) groups is 1. The minimum atomic E-state index is -0.0273. The lowest BCUT2D eigenvalue weighted by atomic mass is 10.1. The van der Waals surface area contributed by atoms with Crippen molar-refractivity contribution >= 4 is 6.03 Å². The van der Waals surface area contributed by atoms with Crippen molar-refractivity contribution in [3.8, 4) is 0 Å². The van der Waals surface area contributed by atoms with Gasteiger partial charge in [-0.2, -0.15) is 0 Å². The van der Waals surface area contributed by atoms with Gasteiger partial charge in [0.25, 0.3) is 0 Å². The molecule has 0 atom stereocenters. The molecule has 2 N–H and O–H groups in total. The largest absolute Gasteiger partial charge is 0.338 e. The Kier molecular flexibility index (Phi) is 6.97. The third kappa shape index (κ3) is 5.95. The van der Waals surface area contributed by atoms with Gasteiger partial charge in [-0.15, -0.1) is 0 Å². The number of likely N-dealkylation sites (tertiary alicyclic amines) is 1. The van der Waals surface area contributed by atoms with Gasteiger partial charge in [0, 0.05) is 13.1 Å². The van der Waals surface area contributed by atoms with Crippen LogP contribution in [0.5, 0.6) is 0 Å². The van der Waals surface area contributed by atoms with Gasteiger partial charge in [-0.25, -0.2) is 4.79 Å². The molecule has 0 bridgehead atoms. The average Bonchev–Trinajstić information content (AvgIpc) is 2.33. The van der Waals surface area contributed by atoms with Gasteiger partial charge in [-0.3, -0.25) is 0 Å². The van der Waals surface area contributed by atoms with Crippen LogP contribution in [0.3, 0.4) is 0 Å². The fourth-order valence-corrected chi connectivity index (χ4v) is 1.99. The Morgan fingerprint density at radius 1 is 1.12 bits per heavy atom. The second-order valence-electron chi connectivity index (χ2n) is 4.44. The maximum absolute atomic E-state index is 11.2. The lowest BCUT2D eigenvalue weighted by Gasteiger charge is -2.26. The summed E-state index contributed by atoms with van der Waals surface area (Å²) in [5.41, 5.74) is 0. The predicted molar refractivity (Wildman–Crippen MR) is 66.6 cm³/mol. The molecular weight excluding hydrogens is 202 g/mol. The van der Waals surface area contributed by atoms with E-state index in [9.17, 15) is 4.79 Å². The topological polar surface area (TPSA) is 44.4 Å². The number of hydrogen-bond acceptors (Lipinski definition) is 2. The van der Waals surface area contributed by atoms with Crippen LogP contribution in [0.15, 0.2) is 0 Å². The molecule has 1 saturated heterocycles. The molecule has 1 heterocycles. The first kappa shape index (κ1) is 13.3. The summed E-state index contributed by atoms with van der Waals surface area (Å²) in [5, 5.41) is 5.69. The number of hydrogen-bond donors (Lipinski definition) is 2. The van der Waals surface area contributed by atoms with Crippen LogP contribution in [0.4, 0.5) is 4.79 Å². The summed E-state index contributed by atoms with van der Waals surface area (Å²) >= 11 is 0. The van der Waals surface area contributed by atoms with Crippen LogP contribution in [-0.2, 0) is 0 Å². The van der Waals surface area contributed by atoms with Crippen LogP contribution in [-0.4, -0.2) is 43.7 Å². The number of rotatable bonds is 6. The molecule has 0 aromatic heterocycles. The van der Waals surface area contributed by atoms with Gasteiger partial charge >= 0.3 is 6.03 Å². The van der Waals surface area contributed by atoms with Crippen molar-refractivity contribution < 1.29 is 4.79 Å². The Morgan fingerprint density at radius 3 is 2.50 bits per heavy atom. The van der Waals surface area contributed by atoms with Gasteiger partial charge in [0.05, 0.1) is 0 Å². The van der Waals surface area contributed by atoms with Crippen molar-refractivity contribution in [2.45, 2.75) is 39.0 Å². The Bertz CT molecular complexity index is 191. The van der Waals surface area contributed by atoms with Crippen molar-refractivity contribution in [2.75, 3.05) is 32.7 Å². The molecule has 0 saturated carbocycles. The van der Waals surface area contributed by atoms with Crippen LogP contribution in [0.1, 0.15) is 39.0 Å². The quantitative estimate of drug-likeness (QED) is 0.677. The molecule has 0 aromatic carbocycles. The highest BCUT2D eigenvalue weighted by atomic mass is 16.2. The van der Waals surface area contributed by atoms with Gasteiger partial charge in [-0.1, -0.05) is 13.3 Å². The molecule has 1 fully saturated rings. The van der Waals surface area contributed by atoms with Gasteiger partial charge < -0.3 is 15.5 Å². The van der Waals surface area contributed by atoms with Gasteiger partial charge in [0.15, 0.2) is 0 Å². The van der Waals surface area contributed by atoms with Crippen LogP contribution in [0.2, 0.25) is 0 Å². The normalized spacial score (nSPS) is 17.1. The smallest absolute Gasteiger partial charge is 0.314 e. The molecule has 0 spiro atoms. The standard InChI is InChI=1S/C12H25N3O/c1-2-7-13-12(16)14-8-6-11-15-9-4-3-5-10-15/h2-11H2,1H3,(H2,13,14,16). The fraction of sp³-hybridized carbons (Fsp3) is 0.917. The first-order valence-electron chi connectivity index (χ1n) is 6.57. The fourth-order valence-electron chi connectivity index (χ4n) is 1.99. The first-order chi connectivity index (χ1) is 7.83. The molecule has 1 aliphatic rings. The van der Waals surface area contributed by atoms with E-state index in [-0.39, 0.29) is 6.03 Å². The molecule has 4 nitrogen and oxygen atoms in total. The van der Waals surface area contributed by atoms with Crippen LogP contribution < -0.4 is 10.6 Å². The van der Waals surface area contributed by atoms with E-state index in [2.05, 4.69) is 22.5 Å².